The van der Waals surface area contributed by atoms with Gasteiger partial charge in [-0.1, -0.05) is 30.7 Å². The molecule has 4 rings (SSSR count). The molecule has 3 aromatic rings. The van der Waals surface area contributed by atoms with E-state index >= 15 is 0 Å². The van der Waals surface area contributed by atoms with Crippen molar-refractivity contribution in [2.24, 2.45) is 0 Å². The zero-order valence-corrected chi connectivity index (χ0v) is 17.9. The highest BCUT2D eigenvalue weighted by Gasteiger charge is 2.25. The van der Waals surface area contributed by atoms with Crippen molar-refractivity contribution < 1.29 is 9.59 Å². The summed E-state index contributed by atoms with van der Waals surface area (Å²) in [5, 5.41) is 7.94. The van der Waals surface area contributed by atoms with Crippen LogP contribution in [0.2, 0.25) is 0 Å². The molecule has 2 N–H and O–H groups in total. The molecule has 2 amide bonds. The number of hydrogen-bond donors (Lipinski definition) is 2. The lowest BCUT2D eigenvalue weighted by Crippen LogP contribution is -2.29. The van der Waals surface area contributed by atoms with E-state index in [1.165, 1.54) is 28.4 Å². The number of benzene rings is 1. The molecule has 0 fully saturated rings. The summed E-state index contributed by atoms with van der Waals surface area (Å²) >= 11 is 1.68. The Morgan fingerprint density at radius 2 is 1.93 bits per heavy atom. The number of nitrogens with one attached hydrogen (secondary N) is 2. The van der Waals surface area contributed by atoms with E-state index in [0.29, 0.717) is 6.54 Å². The molecule has 1 atom stereocenters. The van der Waals surface area contributed by atoms with Crippen LogP contribution in [0.1, 0.15) is 67.5 Å². The lowest BCUT2D eigenvalue weighted by molar-refractivity contribution is 0.0931. The van der Waals surface area contributed by atoms with E-state index in [1.807, 2.05) is 5.38 Å². The number of amides is 2. The molecule has 1 aliphatic rings. The highest BCUT2D eigenvalue weighted by atomic mass is 32.1. The molecule has 7 heteroatoms. The predicted octanol–water partition coefficient (Wildman–Crippen LogP) is 3.76. The van der Waals surface area contributed by atoms with Crippen molar-refractivity contribution in [3.8, 4) is 0 Å². The minimum Gasteiger partial charge on any atom is -0.347 e. The molecule has 0 saturated heterocycles. The fourth-order valence-electron chi connectivity index (χ4n) is 3.71. The van der Waals surface area contributed by atoms with Crippen LogP contribution in [0.25, 0.3) is 0 Å². The number of thiophene rings is 1. The smallest absolute Gasteiger partial charge is 0.270 e. The van der Waals surface area contributed by atoms with Crippen molar-refractivity contribution in [2.45, 2.75) is 45.7 Å². The second-order valence-electron chi connectivity index (χ2n) is 7.51. The first-order chi connectivity index (χ1) is 14.5. The third-order valence-electron chi connectivity index (χ3n) is 5.32. The molecule has 154 valence electrons. The van der Waals surface area contributed by atoms with Gasteiger partial charge < -0.3 is 10.6 Å². The molecular weight excluding hydrogens is 396 g/mol. The van der Waals surface area contributed by atoms with Gasteiger partial charge in [0.15, 0.2) is 0 Å². The van der Waals surface area contributed by atoms with Crippen LogP contribution < -0.4 is 10.6 Å². The summed E-state index contributed by atoms with van der Waals surface area (Å²) in [6.07, 6.45) is 4.05. The molecule has 0 bridgehead atoms. The van der Waals surface area contributed by atoms with Gasteiger partial charge in [0.05, 0.1) is 6.04 Å². The Kier molecular flexibility index (Phi) is 5.90. The standard InChI is InChI=1S/C23H24N4O2S/c1-3-17-9-15(12-30-17)11-24-22(28)20-10-21(26-13-25-20)23(29)27-19-7-5-16-8-14(2)4-6-18(16)19/h4,6,8-10,12-13,19H,3,5,7,11H2,1-2H3,(H,24,28)(H,27,29)/t19-/m0/s1. The summed E-state index contributed by atoms with van der Waals surface area (Å²) < 4.78 is 0. The Balaban J connectivity index is 1.40. The maximum atomic E-state index is 12.7. The van der Waals surface area contributed by atoms with Gasteiger partial charge in [0, 0.05) is 17.5 Å². The summed E-state index contributed by atoms with van der Waals surface area (Å²) in [5.74, 6) is -0.618. The van der Waals surface area contributed by atoms with E-state index < -0.39 is 0 Å². The minimum absolute atomic E-state index is 0.0355. The monoisotopic (exact) mass is 420 g/mol. The fourth-order valence-corrected chi connectivity index (χ4v) is 4.55. The molecule has 0 unspecified atom stereocenters. The van der Waals surface area contributed by atoms with Crippen molar-refractivity contribution in [2.75, 3.05) is 0 Å². The van der Waals surface area contributed by atoms with E-state index in [2.05, 4.69) is 58.7 Å². The number of carbonyl (C=O) groups excluding carboxylic acids is 2. The van der Waals surface area contributed by atoms with Crippen molar-refractivity contribution in [1.29, 1.82) is 0 Å². The molecular formula is C23H24N4O2S. The normalized spacial score (nSPS) is 14.9. The Labute approximate surface area is 179 Å². The first-order valence-corrected chi connectivity index (χ1v) is 11.0. The van der Waals surface area contributed by atoms with E-state index in [4.69, 9.17) is 0 Å². The molecule has 2 aromatic heterocycles. The summed E-state index contributed by atoms with van der Waals surface area (Å²) in [6, 6.07) is 9.81. The predicted molar refractivity (Wildman–Crippen MR) is 117 cm³/mol. The van der Waals surface area contributed by atoms with Gasteiger partial charge in [-0.05, 0) is 54.3 Å². The van der Waals surface area contributed by atoms with Gasteiger partial charge in [-0.15, -0.1) is 11.3 Å². The first-order valence-electron chi connectivity index (χ1n) is 10.1. The van der Waals surface area contributed by atoms with Gasteiger partial charge in [-0.25, -0.2) is 9.97 Å². The Bertz CT molecular complexity index is 1090. The number of carbonyl (C=O) groups is 2. The number of rotatable bonds is 6. The molecule has 0 aliphatic heterocycles. The molecule has 0 radical (unpaired) electrons. The van der Waals surface area contributed by atoms with Crippen LogP contribution in [0, 0.1) is 6.92 Å². The molecule has 30 heavy (non-hydrogen) atoms. The molecule has 1 aromatic carbocycles. The highest BCUT2D eigenvalue weighted by molar-refractivity contribution is 7.10. The number of aryl methyl sites for hydroxylation is 3. The van der Waals surface area contributed by atoms with Crippen molar-refractivity contribution in [1.82, 2.24) is 20.6 Å². The van der Waals surface area contributed by atoms with Crippen LogP contribution in [0.15, 0.2) is 42.0 Å². The number of nitrogens with zero attached hydrogens (tertiary/aromatic N) is 2. The maximum absolute atomic E-state index is 12.7. The van der Waals surface area contributed by atoms with Gasteiger partial charge in [0.1, 0.15) is 17.7 Å². The SMILES string of the molecule is CCc1cc(CNC(=O)c2cc(C(=O)N[C@H]3CCc4cc(C)ccc43)ncn2)cs1. The Morgan fingerprint density at radius 3 is 2.70 bits per heavy atom. The highest BCUT2D eigenvalue weighted by Crippen LogP contribution is 2.31. The van der Waals surface area contributed by atoms with Crippen LogP contribution in [-0.2, 0) is 19.4 Å². The van der Waals surface area contributed by atoms with Crippen LogP contribution in [0.5, 0.6) is 0 Å². The quantitative estimate of drug-likeness (QED) is 0.636. The molecule has 0 spiro atoms. The summed E-state index contributed by atoms with van der Waals surface area (Å²) in [5.41, 5.74) is 5.10. The van der Waals surface area contributed by atoms with Crippen molar-refractivity contribution in [3.05, 3.63) is 80.6 Å². The summed E-state index contributed by atoms with van der Waals surface area (Å²) in [7, 11) is 0. The van der Waals surface area contributed by atoms with Gasteiger partial charge in [-0.3, -0.25) is 9.59 Å². The zero-order chi connectivity index (χ0) is 21.1. The van der Waals surface area contributed by atoms with Gasteiger partial charge in [0.25, 0.3) is 11.8 Å². The van der Waals surface area contributed by atoms with Gasteiger partial charge in [0.2, 0.25) is 0 Å². The second-order valence-corrected chi connectivity index (χ2v) is 8.51. The van der Waals surface area contributed by atoms with Crippen molar-refractivity contribution >= 4 is 23.2 Å². The zero-order valence-electron chi connectivity index (χ0n) is 17.1. The molecule has 1 aliphatic carbocycles. The number of fused-ring (bicyclic) bond motifs is 1. The Hall–Kier alpha value is -3.06. The van der Waals surface area contributed by atoms with Gasteiger partial charge in [-0.2, -0.15) is 0 Å². The third-order valence-corrected chi connectivity index (χ3v) is 6.45. The summed E-state index contributed by atoms with van der Waals surface area (Å²) in [4.78, 5) is 34.6. The average Bonchev–Trinajstić information content (AvgIpc) is 3.38. The average molecular weight is 421 g/mol. The lowest BCUT2D eigenvalue weighted by atomic mass is 10.1. The van der Waals surface area contributed by atoms with E-state index in [-0.39, 0.29) is 29.2 Å². The first kappa shape index (κ1) is 20.2. The maximum Gasteiger partial charge on any atom is 0.270 e. The van der Waals surface area contributed by atoms with E-state index in [0.717, 1.165) is 30.4 Å². The number of aromatic nitrogens is 2. The molecule has 2 heterocycles. The molecule has 0 saturated carbocycles. The molecule has 6 nitrogen and oxygen atoms in total. The lowest BCUT2D eigenvalue weighted by Gasteiger charge is -2.14. The second kappa shape index (κ2) is 8.75. The Morgan fingerprint density at radius 1 is 1.13 bits per heavy atom. The van der Waals surface area contributed by atoms with Crippen LogP contribution in [0.3, 0.4) is 0 Å². The van der Waals surface area contributed by atoms with Crippen LogP contribution in [0.4, 0.5) is 0 Å². The van der Waals surface area contributed by atoms with Crippen LogP contribution >= 0.6 is 11.3 Å². The topological polar surface area (TPSA) is 84.0 Å². The van der Waals surface area contributed by atoms with E-state index in [9.17, 15) is 9.59 Å². The van der Waals surface area contributed by atoms with E-state index in [1.54, 1.807) is 11.3 Å². The third kappa shape index (κ3) is 4.41. The minimum atomic E-state index is -0.322. The fraction of sp³-hybridized carbons (Fsp3) is 0.304. The largest absolute Gasteiger partial charge is 0.347 e. The number of hydrogen-bond acceptors (Lipinski definition) is 5. The van der Waals surface area contributed by atoms with Crippen molar-refractivity contribution in [3.63, 3.8) is 0 Å². The van der Waals surface area contributed by atoms with Crippen LogP contribution in [-0.4, -0.2) is 21.8 Å². The van der Waals surface area contributed by atoms with Gasteiger partial charge >= 0.3 is 0 Å². The summed E-state index contributed by atoms with van der Waals surface area (Å²) in [6.45, 7) is 4.60.